The first-order chi connectivity index (χ1) is 8.02. The third kappa shape index (κ3) is 4.36. The molecule has 1 aromatic rings. The van der Waals surface area contributed by atoms with Gasteiger partial charge >= 0.3 is 0 Å². The van der Waals surface area contributed by atoms with Crippen LogP contribution >= 0.6 is 12.2 Å². The van der Waals surface area contributed by atoms with E-state index in [2.05, 4.69) is 10.3 Å². The van der Waals surface area contributed by atoms with Crippen molar-refractivity contribution in [3.05, 3.63) is 34.2 Å². The molecule has 1 heterocycles. The van der Waals surface area contributed by atoms with Crippen molar-refractivity contribution in [2.24, 2.45) is 5.73 Å². The van der Waals surface area contributed by atoms with Crippen molar-refractivity contribution in [2.45, 2.75) is 25.8 Å². The van der Waals surface area contributed by atoms with E-state index in [1.54, 1.807) is 0 Å². The summed E-state index contributed by atoms with van der Waals surface area (Å²) in [6.45, 7) is 1.94. The Kier molecular flexibility index (Phi) is 4.84. The van der Waals surface area contributed by atoms with Gasteiger partial charge in [-0.05, 0) is 12.5 Å². The average Bonchev–Trinajstić information content (AvgIpc) is 2.28. The predicted molar refractivity (Wildman–Crippen MR) is 70.0 cm³/mol. The molecule has 17 heavy (non-hydrogen) atoms. The van der Waals surface area contributed by atoms with Crippen LogP contribution in [0.3, 0.4) is 0 Å². The van der Waals surface area contributed by atoms with E-state index < -0.39 is 0 Å². The monoisotopic (exact) mass is 253 g/mol. The van der Waals surface area contributed by atoms with Crippen molar-refractivity contribution in [3.63, 3.8) is 0 Å². The molecule has 0 saturated heterocycles. The minimum absolute atomic E-state index is 0.0769. The smallest absolute Gasteiger partial charge is 0.252 e. The van der Waals surface area contributed by atoms with Crippen LogP contribution in [0.5, 0.6) is 0 Å². The van der Waals surface area contributed by atoms with E-state index in [-0.39, 0.29) is 17.5 Å². The highest BCUT2D eigenvalue weighted by Crippen LogP contribution is 2.01. The zero-order valence-corrected chi connectivity index (χ0v) is 10.3. The second kappa shape index (κ2) is 6.15. The second-order valence-corrected chi connectivity index (χ2v) is 4.22. The molecule has 1 rings (SSSR count). The van der Waals surface area contributed by atoms with E-state index in [0.29, 0.717) is 17.0 Å². The molecule has 0 radical (unpaired) electrons. The summed E-state index contributed by atoms with van der Waals surface area (Å²) in [5, 5.41) is 2.81. The van der Waals surface area contributed by atoms with Gasteiger partial charge in [0, 0.05) is 24.7 Å². The maximum atomic E-state index is 11.8. The molecule has 0 spiro atoms. The standard InChI is InChI=1S/C11H15N3O2S/c1-2-8(5-9(12)17)14-11(16)7-3-4-10(15)13-6-7/h3-4,6,8H,2,5H2,1H3,(H2,12,17)(H,13,15)(H,14,16). The molecule has 0 aliphatic heterocycles. The van der Waals surface area contributed by atoms with Crippen LogP contribution < -0.4 is 16.6 Å². The molecule has 0 aliphatic rings. The first kappa shape index (κ1) is 13.4. The van der Waals surface area contributed by atoms with Crippen molar-refractivity contribution in [2.75, 3.05) is 0 Å². The Morgan fingerprint density at radius 2 is 2.29 bits per heavy atom. The van der Waals surface area contributed by atoms with Gasteiger partial charge in [-0.15, -0.1) is 0 Å². The van der Waals surface area contributed by atoms with Gasteiger partial charge in [0.1, 0.15) is 0 Å². The van der Waals surface area contributed by atoms with Crippen molar-refractivity contribution >= 4 is 23.1 Å². The van der Waals surface area contributed by atoms with E-state index >= 15 is 0 Å². The third-order valence-electron chi connectivity index (χ3n) is 2.32. The van der Waals surface area contributed by atoms with Gasteiger partial charge in [-0.3, -0.25) is 9.59 Å². The number of thiocarbonyl (C=S) groups is 1. The van der Waals surface area contributed by atoms with E-state index in [1.807, 2.05) is 6.92 Å². The lowest BCUT2D eigenvalue weighted by Gasteiger charge is -2.15. The lowest BCUT2D eigenvalue weighted by Crippen LogP contribution is -2.37. The molecule has 1 atom stereocenters. The largest absolute Gasteiger partial charge is 0.393 e. The summed E-state index contributed by atoms with van der Waals surface area (Å²) in [4.78, 5) is 25.5. The number of hydrogen-bond acceptors (Lipinski definition) is 3. The molecule has 0 aromatic carbocycles. The van der Waals surface area contributed by atoms with Crippen molar-refractivity contribution in [1.82, 2.24) is 10.3 Å². The van der Waals surface area contributed by atoms with Crippen LogP contribution in [0, 0.1) is 0 Å². The number of hydrogen-bond donors (Lipinski definition) is 3. The van der Waals surface area contributed by atoms with Gasteiger partial charge in [0.15, 0.2) is 0 Å². The molecule has 5 nitrogen and oxygen atoms in total. The lowest BCUT2D eigenvalue weighted by molar-refractivity contribution is 0.0937. The summed E-state index contributed by atoms with van der Waals surface area (Å²) in [5.41, 5.74) is 5.61. The number of rotatable bonds is 5. The molecule has 4 N–H and O–H groups in total. The molecular formula is C11H15N3O2S. The van der Waals surface area contributed by atoms with Crippen LogP contribution in [-0.2, 0) is 0 Å². The Morgan fingerprint density at radius 3 is 2.76 bits per heavy atom. The molecule has 0 saturated carbocycles. The fourth-order valence-corrected chi connectivity index (χ4v) is 1.56. The zero-order chi connectivity index (χ0) is 12.8. The highest BCUT2D eigenvalue weighted by Gasteiger charge is 2.12. The lowest BCUT2D eigenvalue weighted by atomic mass is 10.1. The Labute approximate surface area is 104 Å². The summed E-state index contributed by atoms with van der Waals surface area (Å²) < 4.78 is 0. The maximum absolute atomic E-state index is 11.8. The molecular weight excluding hydrogens is 238 g/mol. The first-order valence-corrected chi connectivity index (χ1v) is 5.71. The molecule has 0 fully saturated rings. The van der Waals surface area contributed by atoms with E-state index in [0.717, 1.165) is 6.42 Å². The fraction of sp³-hybridized carbons (Fsp3) is 0.364. The summed E-state index contributed by atoms with van der Waals surface area (Å²) in [6.07, 6.45) is 2.60. The van der Waals surface area contributed by atoms with Gasteiger partial charge in [-0.2, -0.15) is 0 Å². The number of pyridine rings is 1. The highest BCUT2D eigenvalue weighted by atomic mass is 32.1. The van der Waals surface area contributed by atoms with Crippen LogP contribution in [0.25, 0.3) is 0 Å². The van der Waals surface area contributed by atoms with Crippen LogP contribution in [0.1, 0.15) is 30.1 Å². The third-order valence-corrected chi connectivity index (χ3v) is 2.49. The van der Waals surface area contributed by atoms with Crippen LogP contribution in [-0.4, -0.2) is 21.9 Å². The summed E-state index contributed by atoms with van der Waals surface area (Å²) in [6, 6.07) is 2.71. The molecule has 0 aliphatic carbocycles. The summed E-state index contributed by atoms with van der Waals surface area (Å²) in [5.74, 6) is -0.246. The Morgan fingerprint density at radius 1 is 1.59 bits per heavy atom. The van der Waals surface area contributed by atoms with Gasteiger partial charge in [0.2, 0.25) is 5.56 Å². The first-order valence-electron chi connectivity index (χ1n) is 5.30. The molecule has 1 unspecified atom stereocenters. The number of carbonyl (C=O) groups is 1. The van der Waals surface area contributed by atoms with Crippen LogP contribution in [0.15, 0.2) is 23.1 Å². The molecule has 1 amide bonds. The molecule has 6 heteroatoms. The van der Waals surface area contributed by atoms with Crippen molar-refractivity contribution in [3.8, 4) is 0 Å². The van der Waals surface area contributed by atoms with Crippen molar-refractivity contribution in [1.29, 1.82) is 0 Å². The minimum Gasteiger partial charge on any atom is -0.393 e. The molecule has 92 valence electrons. The van der Waals surface area contributed by atoms with E-state index in [1.165, 1.54) is 18.3 Å². The Hall–Kier alpha value is -1.69. The van der Waals surface area contributed by atoms with Crippen molar-refractivity contribution < 1.29 is 4.79 Å². The summed E-state index contributed by atoms with van der Waals surface area (Å²) in [7, 11) is 0. The van der Waals surface area contributed by atoms with E-state index in [4.69, 9.17) is 18.0 Å². The number of H-pyrrole nitrogens is 1. The predicted octanol–water partition coefficient (Wildman–Crippen LogP) is 0.559. The number of aromatic nitrogens is 1. The number of nitrogens with one attached hydrogen (secondary N) is 2. The second-order valence-electron chi connectivity index (χ2n) is 3.69. The maximum Gasteiger partial charge on any atom is 0.252 e. The average molecular weight is 253 g/mol. The zero-order valence-electron chi connectivity index (χ0n) is 9.53. The van der Waals surface area contributed by atoms with Crippen LogP contribution in [0.4, 0.5) is 0 Å². The molecule has 0 bridgehead atoms. The number of aromatic amines is 1. The Bertz CT molecular complexity index is 450. The topological polar surface area (TPSA) is 88.0 Å². The van der Waals surface area contributed by atoms with Gasteiger partial charge in [0.25, 0.3) is 5.91 Å². The minimum atomic E-state index is -0.246. The van der Waals surface area contributed by atoms with Gasteiger partial charge in [-0.1, -0.05) is 19.1 Å². The van der Waals surface area contributed by atoms with Crippen LogP contribution in [0.2, 0.25) is 0 Å². The van der Waals surface area contributed by atoms with Gasteiger partial charge in [0.05, 0.1) is 10.6 Å². The summed E-state index contributed by atoms with van der Waals surface area (Å²) >= 11 is 4.80. The Balaban J connectivity index is 2.67. The fourth-order valence-electron chi connectivity index (χ4n) is 1.36. The number of carbonyl (C=O) groups excluding carboxylic acids is 1. The van der Waals surface area contributed by atoms with Gasteiger partial charge in [-0.25, -0.2) is 0 Å². The highest BCUT2D eigenvalue weighted by molar-refractivity contribution is 7.80. The van der Waals surface area contributed by atoms with E-state index in [9.17, 15) is 9.59 Å². The SMILES string of the molecule is CCC(CC(N)=S)NC(=O)c1ccc(=O)[nH]c1. The van der Waals surface area contributed by atoms with Gasteiger partial charge < -0.3 is 16.0 Å². The number of nitrogens with two attached hydrogens (primary N) is 1. The number of amides is 1. The quantitative estimate of drug-likeness (QED) is 0.669. The normalized spacial score (nSPS) is 11.8. The molecule has 1 aromatic heterocycles.